The van der Waals surface area contributed by atoms with Crippen molar-refractivity contribution in [3.05, 3.63) is 35.6 Å². The second kappa shape index (κ2) is 6.44. The van der Waals surface area contributed by atoms with Crippen LogP contribution in [-0.2, 0) is 10.0 Å². The van der Waals surface area contributed by atoms with Crippen LogP contribution in [0.15, 0.2) is 35.5 Å². The first-order chi connectivity index (χ1) is 11.0. The van der Waals surface area contributed by atoms with Crippen LogP contribution in [0.2, 0.25) is 5.02 Å². The minimum atomic E-state index is -3.79. The number of aromatic nitrogens is 3. The molecule has 0 aliphatic carbocycles. The molecule has 2 N–H and O–H groups in total. The highest BCUT2D eigenvalue weighted by atomic mass is 35.5. The maximum Gasteiger partial charge on any atom is 0.242 e. The average Bonchev–Trinajstić information content (AvgIpc) is 3.18. The summed E-state index contributed by atoms with van der Waals surface area (Å²) >= 11 is 6.04. The number of nitrogens with zero attached hydrogens (tertiary/aromatic N) is 3. The molecule has 1 aromatic carbocycles. The van der Waals surface area contributed by atoms with Gasteiger partial charge in [-0.3, -0.25) is 0 Å². The minimum Gasteiger partial charge on any atom is -0.497 e. The van der Waals surface area contributed by atoms with Gasteiger partial charge in [0.15, 0.2) is 0 Å². The van der Waals surface area contributed by atoms with Gasteiger partial charge in [-0.15, -0.1) is 5.10 Å². The predicted octanol–water partition coefficient (Wildman–Crippen LogP) is 0.431. The van der Waals surface area contributed by atoms with Crippen LogP contribution in [0.5, 0.6) is 5.75 Å². The van der Waals surface area contributed by atoms with Gasteiger partial charge in [-0.05, 0) is 12.1 Å². The molecule has 8 nitrogen and oxygen atoms in total. The van der Waals surface area contributed by atoms with Crippen LogP contribution in [0.25, 0.3) is 0 Å². The quantitative estimate of drug-likeness (QED) is 0.805. The molecule has 1 aliphatic rings. The van der Waals surface area contributed by atoms with E-state index in [1.165, 1.54) is 19.2 Å². The molecule has 10 heteroatoms. The zero-order valence-corrected chi connectivity index (χ0v) is 13.9. The molecule has 0 unspecified atom stereocenters. The van der Waals surface area contributed by atoms with Crippen LogP contribution < -0.4 is 14.8 Å². The van der Waals surface area contributed by atoms with E-state index < -0.39 is 10.0 Å². The zero-order chi connectivity index (χ0) is 16.4. The smallest absolute Gasteiger partial charge is 0.242 e. The number of ether oxygens (including phenoxy) is 1. The van der Waals surface area contributed by atoms with Crippen LogP contribution in [0.4, 0.5) is 0 Å². The van der Waals surface area contributed by atoms with Crippen molar-refractivity contribution >= 4 is 21.6 Å². The molecule has 2 aromatic rings. The second-order valence-electron chi connectivity index (χ2n) is 5.13. The molecule has 0 amide bonds. The fourth-order valence-corrected chi connectivity index (χ4v) is 4.32. The summed E-state index contributed by atoms with van der Waals surface area (Å²) in [5, 5.41) is 11.0. The number of rotatable bonds is 5. The van der Waals surface area contributed by atoms with Gasteiger partial charge < -0.3 is 10.1 Å². The van der Waals surface area contributed by atoms with E-state index in [0.717, 1.165) is 0 Å². The van der Waals surface area contributed by atoms with Crippen LogP contribution in [0.1, 0.15) is 6.04 Å². The number of sulfonamides is 1. The summed E-state index contributed by atoms with van der Waals surface area (Å²) in [5.74, 6) is 0.423. The zero-order valence-electron chi connectivity index (χ0n) is 12.3. The summed E-state index contributed by atoms with van der Waals surface area (Å²) in [7, 11) is -2.33. The van der Waals surface area contributed by atoms with Crippen molar-refractivity contribution in [2.24, 2.45) is 0 Å². The predicted molar refractivity (Wildman–Crippen MR) is 84.0 cm³/mol. The van der Waals surface area contributed by atoms with Crippen LogP contribution in [0.3, 0.4) is 0 Å². The van der Waals surface area contributed by atoms with Crippen molar-refractivity contribution in [1.82, 2.24) is 25.0 Å². The molecule has 1 saturated heterocycles. The van der Waals surface area contributed by atoms with Crippen molar-refractivity contribution in [2.75, 3.05) is 20.2 Å². The van der Waals surface area contributed by atoms with Crippen LogP contribution >= 0.6 is 11.6 Å². The molecular weight excluding hydrogens is 342 g/mol. The summed E-state index contributed by atoms with van der Waals surface area (Å²) in [4.78, 5) is -0.0113. The van der Waals surface area contributed by atoms with Gasteiger partial charge >= 0.3 is 0 Å². The largest absolute Gasteiger partial charge is 0.497 e. The van der Waals surface area contributed by atoms with E-state index in [4.69, 9.17) is 16.3 Å². The highest BCUT2D eigenvalue weighted by Crippen LogP contribution is 2.27. The Hall–Kier alpha value is -1.68. The Morgan fingerprint density at radius 2 is 2.26 bits per heavy atom. The Bertz CT molecular complexity index is 781. The van der Waals surface area contributed by atoms with Crippen molar-refractivity contribution in [1.29, 1.82) is 0 Å². The minimum absolute atomic E-state index is 0.0113. The fourth-order valence-electron chi connectivity index (χ4n) is 2.54. The number of hydrogen-bond acceptors (Lipinski definition) is 6. The third-order valence-corrected chi connectivity index (χ3v) is 5.67. The number of hydrogen-bond donors (Lipinski definition) is 2. The molecule has 124 valence electrons. The Balaban J connectivity index is 1.86. The van der Waals surface area contributed by atoms with Gasteiger partial charge in [-0.25, -0.2) is 17.8 Å². The lowest BCUT2D eigenvalue weighted by Crippen LogP contribution is -2.41. The van der Waals surface area contributed by atoms with E-state index >= 15 is 0 Å². The fraction of sp³-hybridized carbons (Fsp3) is 0.385. The topological polar surface area (TPSA) is 98.1 Å². The molecule has 0 spiro atoms. The maximum atomic E-state index is 12.7. The van der Waals surface area contributed by atoms with Crippen molar-refractivity contribution in [3.63, 3.8) is 0 Å². The van der Waals surface area contributed by atoms with Crippen molar-refractivity contribution in [2.45, 2.75) is 17.0 Å². The Morgan fingerprint density at radius 1 is 1.43 bits per heavy atom. The van der Waals surface area contributed by atoms with Gasteiger partial charge in [0.05, 0.1) is 30.4 Å². The monoisotopic (exact) mass is 357 g/mol. The number of methoxy groups -OCH3 is 1. The molecular formula is C13H16ClN5O3S. The molecule has 23 heavy (non-hydrogen) atoms. The van der Waals surface area contributed by atoms with E-state index in [9.17, 15) is 8.42 Å². The summed E-state index contributed by atoms with van der Waals surface area (Å²) in [6, 6.07) is 3.99. The van der Waals surface area contributed by atoms with Gasteiger partial charge in [0.25, 0.3) is 0 Å². The van der Waals surface area contributed by atoms with Gasteiger partial charge in [0, 0.05) is 25.4 Å². The molecule has 0 bridgehead atoms. The Morgan fingerprint density at radius 3 is 2.96 bits per heavy atom. The van der Waals surface area contributed by atoms with E-state index in [-0.39, 0.29) is 22.0 Å². The molecule has 2 heterocycles. The first kappa shape index (κ1) is 16.2. The van der Waals surface area contributed by atoms with Gasteiger partial charge in [0.1, 0.15) is 10.6 Å². The van der Waals surface area contributed by atoms with Crippen molar-refractivity contribution < 1.29 is 13.2 Å². The summed E-state index contributed by atoms with van der Waals surface area (Å²) in [6.45, 7) is 1.09. The van der Waals surface area contributed by atoms with Gasteiger partial charge in [0.2, 0.25) is 10.0 Å². The molecule has 1 aliphatic heterocycles. The lowest BCUT2D eigenvalue weighted by molar-refractivity contribution is 0.410. The summed E-state index contributed by atoms with van der Waals surface area (Å²) < 4.78 is 34.7. The SMILES string of the molecule is COc1ccc(Cl)c(S(=O)(=O)N[C@@H]2CNC[C@@H]2n2ccnn2)c1. The first-order valence-corrected chi connectivity index (χ1v) is 8.80. The molecule has 0 saturated carbocycles. The lowest BCUT2D eigenvalue weighted by atomic mass is 10.2. The first-order valence-electron chi connectivity index (χ1n) is 6.93. The van der Waals surface area contributed by atoms with E-state index in [2.05, 4.69) is 20.4 Å². The number of halogens is 1. The third kappa shape index (κ3) is 3.32. The molecule has 2 atom stereocenters. The molecule has 3 rings (SSSR count). The highest BCUT2D eigenvalue weighted by Gasteiger charge is 2.33. The Labute approximate surface area is 138 Å². The van der Waals surface area contributed by atoms with Crippen molar-refractivity contribution in [3.8, 4) is 5.75 Å². The maximum absolute atomic E-state index is 12.7. The van der Waals surface area contributed by atoms with E-state index in [1.807, 2.05) is 0 Å². The van der Waals surface area contributed by atoms with E-state index in [0.29, 0.717) is 18.8 Å². The standard InChI is InChI=1S/C13H16ClN5O3S/c1-22-9-2-3-10(14)13(6-9)23(20,21)17-11-7-15-8-12(11)19-5-4-16-18-19/h2-6,11-12,15,17H,7-8H2,1H3/t11-,12+/m1/s1. The third-order valence-electron chi connectivity index (χ3n) is 3.70. The molecule has 1 fully saturated rings. The van der Waals surface area contributed by atoms with Gasteiger partial charge in [-0.1, -0.05) is 16.8 Å². The number of nitrogens with one attached hydrogen (secondary N) is 2. The summed E-state index contributed by atoms with van der Waals surface area (Å²) in [6.07, 6.45) is 3.26. The van der Waals surface area contributed by atoms with Crippen LogP contribution in [0, 0.1) is 0 Å². The number of benzene rings is 1. The van der Waals surface area contributed by atoms with E-state index in [1.54, 1.807) is 23.1 Å². The highest BCUT2D eigenvalue weighted by molar-refractivity contribution is 7.89. The Kier molecular flexibility index (Phi) is 4.53. The normalized spacial score (nSPS) is 21.5. The second-order valence-corrected chi connectivity index (χ2v) is 7.22. The van der Waals surface area contributed by atoms with Gasteiger partial charge in [-0.2, -0.15) is 0 Å². The molecule has 1 aromatic heterocycles. The average molecular weight is 358 g/mol. The summed E-state index contributed by atoms with van der Waals surface area (Å²) in [5.41, 5.74) is 0. The van der Waals surface area contributed by atoms with Crippen LogP contribution in [-0.4, -0.2) is 49.7 Å². The lowest BCUT2D eigenvalue weighted by Gasteiger charge is -2.20. The molecule has 0 radical (unpaired) electrons.